The van der Waals surface area contributed by atoms with Crippen LogP contribution in [0.1, 0.15) is 37.8 Å². The van der Waals surface area contributed by atoms with Crippen molar-refractivity contribution < 1.29 is 0 Å². The van der Waals surface area contributed by atoms with E-state index in [9.17, 15) is 0 Å². The number of nitrogens with two attached hydrogens (primary N) is 1. The van der Waals surface area contributed by atoms with Crippen LogP contribution in [-0.4, -0.2) is 23.5 Å². The van der Waals surface area contributed by atoms with Crippen molar-refractivity contribution in [3.8, 4) is 0 Å². The summed E-state index contributed by atoms with van der Waals surface area (Å²) in [5.74, 6) is 0.898. The molecule has 0 atom stereocenters. The number of nitrogen functional groups attached to an aromatic ring is 1. The standard InChI is InChI=1S/C12H21N3S/c1-15(7-10-5-3-2-4-6-10)8-11-9-16-12(13)14-11/h9-10H,2-8H2,1H3,(H2,13,14). The second-order valence-corrected chi connectivity index (χ2v) is 5.77. The second kappa shape index (κ2) is 5.64. The van der Waals surface area contributed by atoms with Gasteiger partial charge >= 0.3 is 0 Å². The third-order valence-corrected chi connectivity index (χ3v) is 4.02. The number of hydrogen-bond donors (Lipinski definition) is 1. The summed E-state index contributed by atoms with van der Waals surface area (Å²) in [6.45, 7) is 2.14. The molecule has 0 radical (unpaired) electrons. The van der Waals surface area contributed by atoms with Crippen molar-refractivity contribution in [3.05, 3.63) is 11.1 Å². The molecule has 0 saturated heterocycles. The molecule has 1 aromatic heterocycles. The van der Waals surface area contributed by atoms with E-state index in [4.69, 9.17) is 5.73 Å². The Kier molecular flexibility index (Phi) is 4.18. The molecule has 1 saturated carbocycles. The zero-order valence-corrected chi connectivity index (χ0v) is 10.8. The summed E-state index contributed by atoms with van der Waals surface area (Å²) in [6, 6.07) is 0. The van der Waals surface area contributed by atoms with Crippen LogP contribution in [0.25, 0.3) is 0 Å². The fourth-order valence-electron chi connectivity index (χ4n) is 2.55. The summed E-state index contributed by atoms with van der Waals surface area (Å²) < 4.78 is 0. The molecular formula is C12H21N3S. The van der Waals surface area contributed by atoms with Crippen molar-refractivity contribution in [3.63, 3.8) is 0 Å². The molecule has 0 amide bonds. The van der Waals surface area contributed by atoms with Gasteiger partial charge in [-0.1, -0.05) is 19.3 Å². The first kappa shape index (κ1) is 11.9. The minimum absolute atomic E-state index is 0.682. The molecule has 0 aromatic carbocycles. The van der Waals surface area contributed by atoms with Crippen molar-refractivity contribution in [2.45, 2.75) is 38.6 Å². The lowest BCUT2D eigenvalue weighted by Gasteiger charge is -2.26. The summed E-state index contributed by atoms with van der Waals surface area (Å²) in [7, 11) is 2.18. The van der Waals surface area contributed by atoms with E-state index in [1.165, 1.54) is 50.0 Å². The molecule has 2 N–H and O–H groups in total. The van der Waals surface area contributed by atoms with Gasteiger partial charge < -0.3 is 10.6 Å². The fourth-order valence-corrected chi connectivity index (χ4v) is 3.10. The molecule has 1 fully saturated rings. The molecule has 0 aliphatic heterocycles. The van der Waals surface area contributed by atoms with Crippen LogP contribution in [0.5, 0.6) is 0 Å². The van der Waals surface area contributed by atoms with E-state index in [1.807, 2.05) is 0 Å². The summed E-state index contributed by atoms with van der Waals surface area (Å²) in [5, 5.41) is 2.74. The summed E-state index contributed by atoms with van der Waals surface area (Å²) in [5.41, 5.74) is 6.74. The Morgan fingerprint density at radius 2 is 2.19 bits per heavy atom. The number of nitrogens with zero attached hydrogens (tertiary/aromatic N) is 2. The van der Waals surface area contributed by atoms with Crippen LogP contribution >= 0.6 is 11.3 Å². The van der Waals surface area contributed by atoms with E-state index < -0.39 is 0 Å². The monoisotopic (exact) mass is 239 g/mol. The SMILES string of the molecule is CN(Cc1csc(N)n1)CC1CCCCC1. The smallest absolute Gasteiger partial charge is 0.180 e. The Morgan fingerprint density at radius 1 is 1.44 bits per heavy atom. The first-order valence-corrected chi connectivity index (χ1v) is 7.00. The molecule has 2 rings (SSSR count). The Bertz CT molecular complexity index is 318. The lowest BCUT2D eigenvalue weighted by molar-refractivity contribution is 0.226. The van der Waals surface area contributed by atoms with Gasteiger partial charge in [-0.3, -0.25) is 0 Å². The third-order valence-electron chi connectivity index (χ3n) is 3.30. The molecular weight excluding hydrogens is 218 g/mol. The van der Waals surface area contributed by atoms with Gasteiger partial charge in [-0.15, -0.1) is 11.3 Å². The molecule has 1 aromatic rings. The molecule has 3 nitrogen and oxygen atoms in total. The van der Waals surface area contributed by atoms with E-state index >= 15 is 0 Å². The predicted molar refractivity (Wildman–Crippen MR) is 69.4 cm³/mol. The van der Waals surface area contributed by atoms with Crippen LogP contribution in [0.2, 0.25) is 0 Å². The molecule has 1 heterocycles. The van der Waals surface area contributed by atoms with E-state index in [1.54, 1.807) is 0 Å². The maximum Gasteiger partial charge on any atom is 0.180 e. The molecule has 0 bridgehead atoms. The van der Waals surface area contributed by atoms with Crippen molar-refractivity contribution in [1.82, 2.24) is 9.88 Å². The summed E-state index contributed by atoms with van der Waals surface area (Å²) in [6.07, 6.45) is 7.08. The number of aromatic nitrogens is 1. The van der Waals surface area contributed by atoms with Gasteiger partial charge in [0.05, 0.1) is 5.69 Å². The van der Waals surface area contributed by atoms with Crippen molar-refractivity contribution >= 4 is 16.5 Å². The van der Waals surface area contributed by atoms with Gasteiger partial charge in [0.25, 0.3) is 0 Å². The quantitative estimate of drug-likeness (QED) is 0.878. The third kappa shape index (κ3) is 3.46. The largest absolute Gasteiger partial charge is 0.375 e. The molecule has 1 aliphatic carbocycles. The number of hydrogen-bond acceptors (Lipinski definition) is 4. The van der Waals surface area contributed by atoms with Gasteiger partial charge in [0, 0.05) is 18.5 Å². The maximum absolute atomic E-state index is 5.63. The minimum Gasteiger partial charge on any atom is -0.375 e. The Balaban J connectivity index is 1.77. The van der Waals surface area contributed by atoms with E-state index in [0.29, 0.717) is 5.13 Å². The molecule has 90 valence electrons. The Morgan fingerprint density at radius 3 is 2.81 bits per heavy atom. The summed E-state index contributed by atoms with van der Waals surface area (Å²) in [4.78, 5) is 6.68. The lowest BCUT2D eigenvalue weighted by Crippen LogP contribution is -2.26. The lowest BCUT2D eigenvalue weighted by atomic mass is 9.89. The number of rotatable bonds is 4. The fraction of sp³-hybridized carbons (Fsp3) is 0.750. The maximum atomic E-state index is 5.63. The van der Waals surface area contributed by atoms with Gasteiger partial charge in [0.15, 0.2) is 5.13 Å². The number of anilines is 1. The van der Waals surface area contributed by atoms with E-state index in [-0.39, 0.29) is 0 Å². The van der Waals surface area contributed by atoms with Crippen LogP contribution in [-0.2, 0) is 6.54 Å². The van der Waals surface area contributed by atoms with E-state index in [2.05, 4.69) is 22.3 Å². The van der Waals surface area contributed by atoms with Gasteiger partial charge in [0.1, 0.15) is 0 Å². The topological polar surface area (TPSA) is 42.1 Å². The Labute approximate surface area is 102 Å². The Hall–Kier alpha value is -0.610. The highest BCUT2D eigenvalue weighted by molar-refractivity contribution is 7.13. The zero-order chi connectivity index (χ0) is 11.4. The first-order chi connectivity index (χ1) is 7.74. The normalized spacial score (nSPS) is 18.1. The first-order valence-electron chi connectivity index (χ1n) is 6.12. The van der Waals surface area contributed by atoms with Gasteiger partial charge in [0.2, 0.25) is 0 Å². The second-order valence-electron chi connectivity index (χ2n) is 4.88. The average Bonchev–Trinajstić information content (AvgIpc) is 2.65. The highest BCUT2D eigenvalue weighted by Crippen LogP contribution is 2.24. The van der Waals surface area contributed by atoms with Crippen LogP contribution in [0.3, 0.4) is 0 Å². The minimum atomic E-state index is 0.682. The molecule has 1 aliphatic rings. The van der Waals surface area contributed by atoms with Crippen molar-refractivity contribution in [1.29, 1.82) is 0 Å². The highest BCUT2D eigenvalue weighted by Gasteiger charge is 2.15. The average molecular weight is 239 g/mol. The van der Waals surface area contributed by atoms with Crippen LogP contribution in [0.15, 0.2) is 5.38 Å². The highest BCUT2D eigenvalue weighted by atomic mass is 32.1. The number of thiazole rings is 1. The summed E-state index contributed by atoms with van der Waals surface area (Å²) >= 11 is 1.53. The van der Waals surface area contributed by atoms with Crippen molar-refractivity contribution in [2.75, 3.05) is 19.3 Å². The van der Waals surface area contributed by atoms with Gasteiger partial charge in [-0.2, -0.15) is 0 Å². The molecule has 4 heteroatoms. The van der Waals surface area contributed by atoms with Gasteiger partial charge in [-0.25, -0.2) is 4.98 Å². The van der Waals surface area contributed by atoms with Crippen LogP contribution < -0.4 is 5.73 Å². The van der Waals surface area contributed by atoms with Crippen molar-refractivity contribution in [2.24, 2.45) is 5.92 Å². The van der Waals surface area contributed by atoms with E-state index in [0.717, 1.165) is 18.2 Å². The molecule has 16 heavy (non-hydrogen) atoms. The predicted octanol–water partition coefficient (Wildman–Crippen LogP) is 2.74. The van der Waals surface area contributed by atoms with Crippen LogP contribution in [0.4, 0.5) is 5.13 Å². The molecule has 0 unspecified atom stereocenters. The van der Waals surface area contributed by atoms with Gasteiger partial charge in [-0.05, 0) is 25.8 Å². The zero-order valence-electron chi connectivity index (χ0n) is 9.98. The van der Waals surface area contributed by atoms with Crippen LogP contribution in [0, 0.1) is 5.92 Å². The molecule has 0 spiro atoms.